The summed E-state index contributed by atoms with van der Waals surface area (Å²) in [5.74, 6) is 0. The summed E-state index contributed by atoms with van der Waals surface area (Å²) in [5.41, 5.74) is 0. The molecule has 0 aliphatic rings. The highest BCUT2D eigenvalue weighted by Gasteiger charge is 2.17. The predicted molar refractivity (Wildman–Crippen MR) is 66.5 cm³/mol. The molecule has 1 aromatic heterocycles. The van der Waals surface area contributed by atoms with Crippen molar-refractivity contribution in [1.82, 2.24) is 9.71 Å². The van der Waals surface area contributed by atoms with Crippen LogP contribution in [0.4, 0.5) is 0 Å². The Bertz CT molecular complexity index is 473. The van der Waals surface area contributed by atoms with Crippen LogP contribution in [0.2, 0.25) is 0 Å². The molecule has 1 N–H and O–H groups in total. The van der Waals surface area contributed by atoms with E-state index in [-0.39, 0.29) is 10.9 Å². The Morgan fingerprint density at radius 3 is 2.88 bits per heavy atom. The van der Waals surface area contributed by atoms with E-state index in [2.05, 4.69) is 32.2 Å². The average Bonchev–Trinajstić information content (AvgIpc) is 2.17. The summed E-state index contributed by atoms with van der Waals surface area (Å²) in [6.07, 6.45) is 5.10. The lowest BCUT2D eigenvalue weighted by molar-refractivity contribution is 0.561. The number of hydrogen-bond donors (Lipinski definition) is 1. The summed E-state index contributed by atoms with van der Waals surface area (Å²) in [5, 5.41) is 0. The van der Waals surface area contributed by atoms with Crippen molar-refractivity contribution in [3.63, 3.8) is 0 Å². The summed E-state index contributed by atoms with van der Waals surface area (Å²) in [6, 6.07) is 1.33. The monoisotopic (exact) mass is 304 g/mol. The molecule has 16 heavy (non-hydrogen) atoms. The van der Waals surface area contributed by atoms with Gasteiger partial charge in [0.15, 0.2) is 0 Å². The topological polar surface area (TPSA) is 59.1 Å². The first-order valence-corrected chi connectivity index (χ1v) is 6.97. The number of nitrogens with one attached hydrogen (secondary N) is 1. The van der Waals surface area contributed by atoms with E-state index in [9.17, 15) is 8.42 Å². The third-order valence-corrected chi connectivity index (χ3v) is 3.86. The fourth-order valence-corrected chi connectivity index (χ4v) is 2.93. The maximum absolute atomic E-state index is 11.9. The van der Waals surface area contributed by atoms with Gasteiger partial charge in [-0.1, -0.05) is 6.08 Å². The summed E-state index contributed by atoms with van der Waals surface area (Å²) in [7, 11) is -3.49. The number of aromatic nitrogens is 1. The molecule has 0 bridgehead atoms. The van der Waals surface area contributed by atoms with Crippen LogP contribution >= 0.6 is 15.9 Å². The molecule has 1 rings (SSSR count). The van der Waals surface area contributed by atoms with Crippen molar-refractivity contribution in [3.05, 3.63) is 35.6 Å². The first kappa shape index (κ1) is 13.3. The van der Waals surface area contributed by atoms with Gasteiger partial charge in [-0.15, -0.1) is 6.58 Å². The molecular weight excluding hydrogens is 292 g/mol. The van der Waals surface area contributed by atoms with E-state index < -0.39 is 10.0 Å². The maximum Gasteiger partial charge on any atom is 0.242 e. The highest BCUT2D eigenvalue weighted by Crippen LogP contribution is 2.14. The minimum atomic E-state index is -3.49. The zero-order chi connectivity index (χ0) is 12.2. The number of hydrogen-bond acceptors (Lipinski definition) is 3. The van der Waals surface area contributed by atoms with Gasteiger partial charge in [-0.3, -0.25) is 4.98 Å². The maximum atomic E-state index is 11.9. The van der Waals surface area contributed by atoms with Crippen molar-refractivity contribution in [2.75, 3.05) is 0 Å². The molecule has 0 saturated carbocycles. The van der Waals surface area contributed by atoms with Gasteiger partial charge in [-0.25, -0.2) is 13.1 Å². The largest absolute Gasteiger partial charge is 0.262 e. The van der Waals surface area contributed by atoms with Gasteiger partial charge < -0.3 is 0 Å². The molecule has 1 aromatic rings. The number of sulfonamides is 1. The zero-order valence-electron chi connectivity index (χ0n) is 8.85. The van der Waals surface area contributed by atoms with E-state index in [0.29, 0.717) is 10.9 Å². The van der Waals surface area contributed by atoms with Crippen LogP contribution < -0.4 is 4.72 Å². The molecule has 0 aliphatic carbocycles. The summed E-state index contributed by atoms with van der Waals surface area (Å²) >= 11 is 3.18. The van der Waals surface area contributed by atoms with Gasteiger partial charge in [0.2, 0.25) is 10.0 Å². The van der Waals surface area contributed by atoms with Gasteiger partial charge >= 0.3 is 0 Å². The summed E-state index contributed by atoms with van der Waals surface area (Å²) < 4.78 is 26.9. The molecule has 0 spiro atoms. The molecule has 0 saturated heterocycles. The standard InChI is InChI=1S/C10H13BrN2O2S/c1-3-4-8(2)13-16(14,15)10-5-9(11)6-12-7-10/h3,5-8,13H,1,4H2,2H3. The van der Waals surface area contributed by atoms with Crippen LogP contribution in [0.15, 0.2) is 40.5 Å². The Morgan fingerprint density at radius 2 is 2.31 bits per heavy atom. The second kappa shape index (κ2) is 5.56. The van der Waals surface area contributed by atoms with E-state index in [1.54, 1.807) is 13.0 Å². The van der Waals surface area contributed by atoms with E-state index in [1.165, 1.54) is 18.5 Å². The molecule has 0 fully saturated rings. The van der Waals surface area contributed by atoms with Crippen molar-refractivity contribution < 1.29 is 8.42 Å². The minimum Gasteiger partial charge on any atom is -0.262 e. The number of rotatable bonds is 5. The molecular formula is C10H13BrN2O2S. The molecule has 0 radical (unpaired) electrons. The first-order valence-electron chi connectivity index (χ1n) is 4.69. The fourth-order valence-electron chi connectivity index (χ4n) is 1.17. The van der Waals surface area contributed by atoms with E-state index >= 15 is 0 Å². The van der Waals surface area contributed by atoms with Crippen molar-refractivity contribution in [3.8, 4) is 0 Å². The van der Waals surface area contributed by atoms with Crippen LogP contribution in [0, 0.1) is 0 Å². The molecule has 6 heteroatoms. The Morgan fingerprint density at radius 1 is 1.62 bits per heavy atom. The van der Waals surface area contributed by atoms with Crippen LogP contribution in [0.3, 0.4) is 0 Å². The van der Waals surface area contributed by atoms with Crippen LogP contribution in [-0.4, -0.2) is 19.4 Å². The van der Waals surface area contributed by atoms with Crippen molar-refractivity contribution in [1.29, 1.82) is 0 Å². The van der Waals surface area contributed by atoms with Crippen LogP contribution in [0.25, 0.3) is 0 Å². The summed E-state index contributed by atoms with van der Waals surface area (Å²) in [6.45, 7) is 5.35. The molecule has 1 unspecified atom stereocenters. The first-order chi connectivity index (χ1) is 7.45. The number of halogens is 1. The van der Waals surface area contributed by atoms with Crippen molar-refractivity contribution in [2.24, 2.45) is 0 Å². The van der Waals surface area contributed by atoms with Gasteiger partial charge in [0.1, 0.15) is 4.90 Å². The smallest absolute Gasteiger partial charge is 0.242 e. The Balaban J connectivity index is 2.90. The van der Waals surface area contributed by atoms with Crippen LogP contribution in [0.1, 0.15) is 13.3 Å². The molecule has 0 amide bonds. The third kappa shape index (κ3) is 3.70. The van der Waals surface area contributed by atoms with E-state index in [0.717, 1.165) is 0 Å². The average molecular weight is 305 g/mol. The Labute approximate surface area is 104 Å². The van der Waals surface area contributed by atoms with Gasteiger partial charge in [0.05, 0.1) is 0 Å². The number of pyridine rings is 1. The molecule has 0 aromatic carbocycles. The van der Waals surface area contributed by atoms with Gasteiger partial charge in [-0.2, -0.15) is 0 Å². The Hall–Kier alpha value is -0.720. The lowest BCUT2D eigenvalue weighted by Crippen LogP contribution is -2.32. The van der Waals surface area contributed by atoms with Gasteiger partial charge in [-0.05, 0) is 35.3 Å². The van der Waals surface area contributed by atoms with E-state index in [4.69, 9.17) is 0 Å². The molecule has 1 atom stereocenters. The van der Waals surface area contributed by atoms with Gasteiger partial charge in [0.25, 0.3) is 0 Å². The second-order valence-corrected chi connectivity index (χ2v) is 6.02. The second-order valence-electron chi connectivity index (χ2n) is 3.39. The van der Waals surface area contributed by atoms with E-state index in [1.807, 2.05) is 0 Å². The van der Waals surface area contributed by atoms with Crippen molar-refractivity contribution >= 4 is 26.0 Å². The predicted octanol–water partition coefficient (Wildman–Crippen LogP) is 2.09. The number of nitrogens with zero attached hydrogens (tertiary/aromatic N) is 1. The van der Waals surface area contributed by atoms with Crippen LogP contribution in [0.5, 0.6) is 0 Å². The van der Waals surface area contributed by atoms with Gasteiger partial charge in [0, 0.05) is 22.9 Å². The fraction of sp³-hybridized carbons (Fsp3) is 0.300. The van der Waals surface area contributed by atoms with Crippen LogP contribution in [-0.2, 0) is 10.0 Å². The quantitative estimate of drug-likeness (QED) is 0.847. The molecule has 1 heterocycles. The highest BCUT2D eigenvalue weighted by molar-refractivity contribution is 9.10. The molecule has 88 valence electrons. The molecule has 0 aliphatic heterocycles. The molecule has 4 nitrogen and oxygen atoms in total. The normalized spacial score (nSPS) is 13.4. The lowest BCUT2D eigenvalue weighted by atomic mass is 10.3. The SMILES string of the molecule is C=CCC(C)NS(=O)(=O)c1cncc(Br)c1. The summed E-state index contributed by atoms with van der Waals surface area (Å²) in [4.78, 5) is 3.97. The Kier molecular flexibility index (Phi) is 4.64. The minimum absolute atomic E-state index is 0.151. The third-order valence-electron chi connectivity index (χ3n) is 1.87. The van der Waals surface area contributed by atoms with Crippen molar-refractivity contribution in [2.45, 2.75) is 24.3 Å². The highest BCUT2D eigenvalue weighted by atomic mass is 79.9. The zero-order valence-corrected chi connectivity index (χ0v) is 11.3. The lowest BCUT2D eigenvalue weighted by Gasteiger charge is -2.12.